The number of H-pyrrole nitrogens is 2. The Morgan fingerprint density at radius 1 is 0.674 bits per heavy atom. The van der Waals surface area contributed by atoms with Crippen LogP contribution in [-0.4, -0.2) is 154 Å². The number of pyridine rings is 2. The summed E-state index contributed by atoms with van der Waals surface area (Å²) in [6.45, 7) is 7.77. The number of hydrogen-bond acceptors (Lipinski definition) is 19. The van der Waals surface area contributed by atoms with Crippen LogP contribution in [0.3, 0.4) is 0 Å². The molecule has 92 heavy (non-hydrogen) atoms. The van der Waals surface area contributed by atoms with Gasteiger partial charge >= 0.3 is 29.6 Å². The van der Waals surface area contributed by atoms with Gasteiger partial charge in [-0.1, -0.05) is 12.1 Å². The third-order valence-corrected chi connectivity index (χ3v) is 14.1. The number of carboxylic acids is 1. The van der Waals surface area contributed by atoms with Gasteiger partial charge in [-0.15, -0.1) is 12.4 Å². The fourth-order valence-electron chi connectivity index (χ4n) is 10.1. The van der Waals surface area contributed by atoms with Crippen molar-refractivity contribution in [1.82, 2.24) is 70.1 Å². The van der Waals surface area contributed by atoms with Crippen molar-refractivity contribution in [2.45, 2.75) is 64.8 Å². The number of aliphatic hydroxyl groups is 1. The number of carboxylic acid groups (broad SMARTS) is 1. The monoisotopic (exact) mass is 1290 g/mol. The molecule has 0 bridgehead atoms. The Labute approximate surface area is 558 Å². The van der Waals surface area contributed by atoms with Gasteiger partial charge in [0.05, 0.1) is 30.8 Å². The van der Waals surface area contributed by atoms with Gasteiger partial charge < -0.3 is 34.3 Å². The van der Waals surface area contributed by atoms with E-state index in [-0.39, 0.29) is 65.0 Å². The fraction of sp³-hybridized carbons (Fsp3) is 0.302. The number of benzene rings is 4. The second kappa shape index (κ2) is 36.9. The van der Waals surface area contributed by atoms with Gasteiger partial charge in [-0.25, -0.2) is 18.7 Å². The molecule has 24 nitrogen and oxygen atoms in total. The van der Waals surface area contributed by atoms with Gasteiger partial charge in [0.1, 0.15) is 53.9 Å². The van der Waals surface area contributed by atoms with Crippen molar-refractivity contribution < 1.29 is 86.5 Å². The number of nitrogens with one attached hydrogen (secondary N) is 3. The minimum absolute atomic E-state index is 0. The number of aliphatic hydroxyl groups excluding tert-OH is 1. The maximum absolute atomic E-state index is 14.5. The summed E-state index contributed by atoms with van der Waals surface area (Å²) in [5, 5.41) is 44.6. The predicted octanol–water partition coefficient (Wildman–Crippen LogP) is 6.25. The van der Waals surface area contributed by atoms with E-state index in [9.17, 15) is 23.2 Å². The van der Waals surface area contributed by atoms with Crippen LogP contribution in [0.1, 0.15) is 85.9 Å². The van der Waals surface area contributed by atoms with Crippen molar-refractivity contribution in [3.8, 4) is 56.8 Å². The number of aldehydes is 1. The van der Waals surface area contributed by atoms with E-state index >= 15 is 0 Å². The number of halogens is 3. The van der Waals surface area contributed by atoms with Crippen LogP contribution in [0.5, 0.6) is 11.5 Å². The molecule has 5 N–H and O–H groups in total. The summed E-state index contributed by atoms with van der Waals surface area (Å²) in [5.74, 6) is 2.29. The number of fused-ring (bicyclic) bond motifs is 2. The Bertz CT molecular complexity index is 3970. The van der Waals surface area contributed by atoms with Gasteiger partial charge in [-0.3, -0.25) is 53.6 Å². The number of aromatic amines is 2. The largest absolute Gasteiger partial charge is 1.00 e. The number of aromatic nitrogens is 12. The smallest absolute Gasteiger partial charge is 0.702 e. The molecule has 478 valence electrons. The number of ether oxygens (including phenoxy) is 2. The van der Waals surface area contributed by atoms with Gasteiger partial charge in [-0.2, -0.15) is 20.4 Å². The average Bonchev–Trinajstić information content (AvgIpc) is 1.72. The molecule has 29 heteroatoms. The number of likely N-dealkylation sites (tertiary alicyclic amines) is 1. The number of piperidine rings is 2. The molecule has 6 aromatic heterocycles. The number of methoxy groups -OCH3 is 2. The third kappa shape index (κ3) is 20.1. The van der Waals surface area contributed by atoms with Crippen LogP contribution in [-0.2, 0) is 44.3 Å². The van der Waals surface area contributed by atoms with Crippen molar-refractivity contribution in [2.75, 3.05) is 47.5 Å². The zero-order chi connectivity index (χ0) is 64.7. The Morgan fingerprint density at radius 3 is 1.61 bits per heavy atom. The standard InChI is InChI=1S/C28H28FN7O.C20H21N7.C8H7FO2.C4H6BO4.C2H4O2.CH4O.ClH.Na/c1-35-28(20-5-4-14-36(16-20)17-22-23(29)6-3-7-25(22)37-2)31-27(34-35)19-8-9-24-21(15-19)26(33-32-24)18-10-12-30-13-11-18;1-27-20(15-3-2-8-22-12-15)23-19(26-27)14-4-5-17-16(11-14)18(25-24-17)13-6-9-21-10-7-13;1-11-8-4-2-3-7(9)6(8)5-10;1-3(6)8-5-9-4(2)7;1-2(3)4;1-2;;/h3,6-13,15,20H,4-5,14,16-17H2,1-2H3,(H,32,33);4-7,9-11,15,22H,2-3,8,12H2,1H3,(H,24,25);2-5H,1H3;1-2H3;1H3,(H,3,4);2H,1H3;1H;/q;;;-1;;;;+1/t20-;15-;;;;;;/m11....../s1. The van der Waals surface area contributed by atoms with Crippen molar-refractivity contribution >= 4 is 66.1 Å². The quantitative estimate of drug-likeness (QED) is 0.0629. The number of carbonyl (C=O) groups is 4. The molecule has 4 aromatic carbocycles. The molecule has 2 saturated heterocycles. The molecule has 12 rings (SSSR count). The minimum atomic E-state index is -0.833. The zero-order valence-corrected chi connectivity index (χ0v) is 55.3. The van der Waals surface area contributed by atoms with E-state index in [1.165, 1.54) is 51.6 Å². The third-order valence-electron chi connectivity index (χ3n) is 14.1. The number of rotatable bonds is 13. The molecule has 2 radical (unpaired) electrons. The summed E-state index contributed by atoms with van der Waals surface area (Å²) in [7, 11) is 8.61. The first kappa shape index (κ1) is 73.9. The molecule has 0 amide bonds. The summed E-state index contributed by atoms with van der Waals surface area (Å²) in [6.07, 6.45) is 11.9. The molecule has 0 spiro atoms. The molecule has 10 aromatic rings. The van der Waals surface area contributed by atoms with Crippen LogP contribution < -0.4 is 44.3 Å². The van der Waals surface area contributed by atoms with E-state index < -0.39 is 23.7 Å². The van der Waals surface area contributed by atoms with Gasteiger partial charge in [0.25, 0.3) is 17.9 Å². The Morgan fingerprint density at radius 2 is 1.15 bits per heavy atom. The number of aryl methyl sites for hydroxylation is 2. The molecular formula is C63H71BClF2N14NaO10. The van der Waals surface area contributed by atoms with Crippen LogP contribution in [0, 0.1) is 11.6 Å². The van der Waals surface area contributed by atoms with Gasteiger partial charge in [-0.05, 0) is 124 Å². The van der Waals surface area contributed by atoms with Crippen LogP contribution in [0.15, 0.2) is 122 Å². The summed E-state index contributed by atoms with van der Waals surface area (Å²) in [4.78, 5) is 59.6. The SMILES string of the molecule is CC(=O)O.CC(=O)O[B-]OC(C)=O.CO.COc1cccc(F)c1C=O.COc1cccc(F)c1CN1CCC[C@@H](c2nc(-c3ccc4[nH]nc(-c5ccncc5)c4c3)nn2C)C1.Cl.Cn1nc(-c2ccc3[nH]nc(-c4ccncc4)c3c2)nc1[C@@H]1CCCNC1.[Na+]. The maximum atomic E-state index is 14.5. The fourth-order valence-corrected chi connectivity index (χ4v) is 10.1. The number of aliphatic carboxylic acids is 1. The van der Waals surface area contributed by atoms with Crippen LogP contribution in [0.4, 0.5) is 8.78 Å². The minimum Gasteiger partial charge on any atom is -0.702 e. The molecule has 0 unspecified atom stereocenters. The predicted molar refractivity (Wildman–Crippen MR) is 340 cm³/mol. The summed E-state index contributed by atoms with van der Waals surface area (Å²) in [5.41, 5.74) is 8.30. The van der Waals surface area contributed by atoms with E-state index in [0.29, 0.717) is 43.6 Å². The van der Waals surface area contributed by atoms with Crippen LogP contribution in [0.25, 0.3) is 67.1 Å². The normalized spacial score (nSPS) is 13.9. The number of carbonyl (C=O) groups excluding carboxylic acids is 3. The Hall–Kier alpha value is -8.83. The van der Waals surface area contributed by atoms with Gasteiger partial charge in [0.2, 0.25) is 0 Å². The first-order chi connectivity index (χ1) is 43.5. The van der Waals surface area contributed by atoms with E-state index in [0.717, 1.165) is 132 Å². The molecule has 2 aliphatic rings. The van der Waals surface area contributed by atoms with E-state index in [1.54, 1.807) is 38.0 Å². The first-order valence-corrected chi connectivity index (χ1v) is 28.5. The second-order valence-electron chi connectivity index (χ2n) is 20.3. The van der Waals surface area contributed by atoms with Crippen molar-refractivity contribution in [1.29, 1.82) is 0 Å². The second-order valence-corrected chi connectivity index (χ2v) is 20.3. The van der Waals surface area contributed by atoms with E-state index in [2.05, 4.69) is 73.2 Å². The van der Waals surface area contributed by atoms with Gasteiger partial charge in [0, 0.05) is 137 Å². The maximum Gasteiger partial charge on any atom is 1.00 e. The number of hydrogen-bond donors (Lipinski definition) is 5. The molecule has 0 saturated carbocycles. The summed E-state index contributed by atoms with van der Waals surface area (Å²) >= 11 is 0. The summed E-state index contributed by atoms with van der Waals surface area (Å²) < 4.78 is 49.5. The molecule has 0 aliphatic carbocycles. The Balaban J connectivity index is 0.000000243. The van der Waals surface area contributed by atoms with Gasteiger partial charge in [0.15, 0.2) is 17.9 Å². The molecule has 2 aliphatic heterocycles. The average molecular weight is 1290 g/mol. The van der Waals surface area contributed by atoms with Crippen LogP contribution >= 0.6 is 12.4 Å². The number of nitrogens with zero attached hydrogens (tertiary/aromatic N) is 11. The van der Waals surface area contributed by atoms with Crippen molar-refractivity contribution in [3.05, 3.63) is 156 Å². The van der Waals surface area contributed by atoms with E-state index in [1.807, 2.05) is 72.0 Å². The van der Waals surface area contributed by atoms with E-state index in [4.69, 9.17) is 39.5 Å². The zero-order valence-electron chi connectivity index (χ0n) is 52.5. The van der Waals surface area contributed by atoms with Crippen molar-refractivity contribution in [2.24, 2.45) is 14.1 Å². The van der Waals surface area contributed by atoms with Crippen LogP contribution in [0.2, 0.25) is 0 Å². The molecular weight excluding hydrogens is 1220 g/mol. The summed E-state index contributed by atoms with van der Waals surface area (Å²) in [6, 6.07) is 29.4. The molecule has 8 heterocycles. The molecule has 2 fully saturated rings. The topological polar surface area (TPSA) is 305 Å². The Kier molecular flexibility index (Phi) is 29.6. The first-order valence-electron chi connectivity index (χ1n) is 28.5. The van der Waals surface area contributed by atoms with Crippen molar-refractivity contribution in [3.63, 3.8) is 0 Å². The molecule has 2 atom stereocenters.